The summed E-state index contributed by atoms with van der Waals surface area (Å²) in [6.07, 6.45) is 0.926. The fourth-order valence-corrected chi connectivity index (χ4v) is 4.29. The Balaban J connectivity index is 1.59. The summed E-state index contributed by atoms with van der Waals surface area (Å²) >= 11 is 1.79. The van der Waals surface area contributed by atoms with Crippen LogP contribution in [0.2, 0.25) is 0 Å². The number of hydrogen-bond donors (Lipinski definition) is 2. The summed E-state index contributed by atoms with van der Waals surface area (Å²) in [4.78, 5) is 28.9. The van der Waals surface area contributed by atoms with Gasteiger partial charge in [-0.15, -0.1) is 11.8 Å². The van der Waals surface area contributed by atoms with Crippen LogP contribution in [-0.4, -0.2) is 43.7 Å². The van der Waals surface area contributed by atoms with Gasteiger partial charge in [0.1, 0.15) is 5.82 Å². The van der Waals surface area contributed by atoms with Crippen LogP contribution in [0.15, 0.2) is 53.4 Å². The average molecular weight is 403 g/mol. The first-order valence-corrected chi connectivity index (χ1v) is 10.2. The molecule has 5 nitrogen and oxygen atoms in total. The van der Waals surface area contributed by atoms with Gasteiger partial charge in [-0.2, -0.15) is 0 Å². The van der Waals surface area contributed by atoms with E-state index in [1.807, 2.05) is 30.1 Å². The van der Waals surface area contributed by atoms with E-state index in [0.717, 1.165) is 21.9 Å². The molecule has 2 amide bonds. The zero-order chi connectivity index (χ0) is 20.1. The van der Waals surface area contributed by atoms with Crippen LogP contribution in [0.25, 0.3) is 0 Å². The zero-order valence-electron chi connectivity index (χ0n) is 16.1. The molecule has 0 aromatic heterocycles. The topological polar surface area (TPSA) is 53.9 Å². The van der Waals surface area contributed by atoms with Crippen LogP contribution >= 0.6 is 11.8 Å². The highest BCUT2D eigenvalue weighted by Gasteiger charge is 2.26. The fraction of sp³-hybridized carbons (Fsp3) is 0.333. The molecule has 0 saturated heterocycles. The predicted molar refractivity (Wildman–Crippen MR) is 110 cm³/mol. The van der Waals surface area contributed by atoms with Gasteiger partial charge in [-0.3, -0.25) is 9.59 Å². The zero-order valence-corrected chi connectivity index (χ0v) is 16.9. The van der Waals surface area contributed by atoms with Gasteiger partial charge in [0.25, 0.3) is 11.8 Å². The van der Waals surface area contributed by atoms with Crippen LogP contribution in [0.1, 0.15) is 13.3 Å². The van der Waals surface area contributed by atoms with Crippen molar-refractivity contribution in [2.75, 3.05) is 36.9 Å². The molecular formula is C21H25FN3O2S+. The second kappa shape index (κ2) is 9.21. The van der Waals surface area contributed by atoms with E-state index in [2.05, 4.69) is 18.3 Å². The summed E-state index contributed by atoms with van der Waals surface area (Å²) in [6.45, 7) is 3.24. The number of amides is 2. The normalized spacial score (nSPS) is 17.4. The number of quaternary nitrogens is 1. The number of carbonyl (C=O) groups excluding carboxylic acids is 2. The van der Waals surface area contributed by atoms with E-state index in [1.54, 1.807) is 11.8 Å². The Bertz CT molecular complexity index is 844. The summed E-state index contributed by atoms with van der Waals surface area (Å²) in [6, 6.07) is 13.6. The van der Waals surface area contributed by atoms with Crippen LogP contribution in [0.3, 0.4) is 0 Å². The van der Waals surface area contributed by atoms with Gasteiger partial charge in [0.05, 0.1) is 12.7 Å². The SMILES string of the molecule is C[C@@H]1CCN(C(=O)C[NH+](C)CC(=O)Nc2ccc(F)cc2)c2ccccc2S1. The summed E-state index contributed by atoms with van der Waals surface area (Å²) < 4.78 is 13.0. The Kier molecular flexibility index (Phi) is 6.70. The van der Waals surface area contributed by atoms with E-state index in [1.165, 1.54) is 24.3 Å². The number of benzene rings is 2. The second-order valence-corrected chi connectivity index (χ2v) is 8.58. The fourth-order valence-electron chi connectivity index (χ4n) is 3.17. The van der Waals surface area contributed by atoms with Gasteiger partial charge >= 0.3 is 0 Å². The lowest BCUT2D eigenvalue weighted by Gasteiger charge is -2.24. The van der Waals surface area contributed by atoms with Crippen molar-refractivity contribution in [3.8, 4) is 0 Å². The van der Waals surface area contributed by atoms with E-state index in [-0.39, 0.29) is 30.7 Å². The first-order chi connectivity index (χ1) is 13.4. The molecule has 2 atom stereocenters. The van der Waals surface area contributed by atoms with Crippen LogP contribution in [-0.2, 0) is 9.59 Å². The molecule has 0 radical (unpaired) electrons. The maximum atomic E-state index is 13.0. The number of nitrogens with zero attached hydrogens (tertiary/aromatic N) is 1. The number of rotatable bonds is 5. The van der Waals surface area contributed by atoms with Gasteiger partial charge < -0.3 is 15.1 Å². The number of thioether (sulfide) groups is 1. The Labute approximate surface area is 168 Å². The highest BCUT2D eigenvalue weighted by Crippen LogP contribution is 2.37. The van der Waals surface area contributed by atoms with Crippen molar-refractivity contribution in [2.45, 2.75) is 23.5 Å². The van der Waals surface area contributed by atoms with Crippen LogP contribution < -0.4 is 15.1 Å². The van der Waals surface area contributed by atoms with Gasteiger partial charge in [0.15, 0.2) is 13.1 Å². The van der Waals surface area contributed by atoms with Crippen molar-refractivity contribution >= 4 is 35.0 Å². The summed E-state index contributed by atoms with van der Waals surface area (Å²) in [5.74, 6) is -0.553. The molecule has 1 aliphatic rings. The van der Waals surface area contributed by atoms with Gasteiger partial charge in [-0.1, -0.05) is 19.1 Å². The van der Waals surface area contributed by atoms with Crippen molar-refractivity contribution in [1.29, 1.82) is 0 Å². The molecule has 2 N–H and O–H groups in total. The minimum Gasteiger partial charge on any atom is -0.322 e. The van der Waals surface area contributed by atoms with Crippen molar-refractivity contribution in [1.82, 2.24) is 0 Å². The van der Waals surface area contributed by atoms with Gasteiger partial charge in [-0.25, -0.2) is 4.39 Å². The first-order valence-electron chi connectivity index (χ1n) is 9.35. The van der Waals surface area contributed by atoms with Gasteiger partial charge in [-0.05, 0) is 42.8 Å². The minimum atomic E-state index is -0.350. The number of para-hydroxylation sites is 1. The number of halogens is 1. The molecule has 148 valence electrons. The van der Waals surface area contributed by atoms with Crippen molar-refractivity contribution in [3.63, 3.8) is 0 Å². The first kappa shape index (κ1) is 20.4. The maximum absolute atomic E-state index is 13.0. The molecule has 7 heteroatoms. The molecule has 0 aliphatic carbocycles. The molecule has 0 saturated carbocycles. The summed E-state index contributed by atoms with van der Waals surface area (Å²) in [5.41, 5.74) is 1.49. The maximum Gasteiger partial charge on any atom is 0.282 e. The van der Waals surface area contributed by atoms with Crippen LogP contribution in [0.5, 0.6) is 0 Å². The molecule has 1 unspecified atom stereocenters. The number of likely N-dealkylation sites (N-methyl/N-ethyl adjacent to an activating group) is 1. The lowest BCUT2D eigenvalue weighted by Crippen LogP contribution is -3.11. The summed E-state index contributed by atoms with van der Waals surface area (Å²) in [5, 5.41) is 3.18. The summed E-state index contributed by atoms with van der Waals surface area (Å²) in [7, 11) is 1.82. The molecule has 1 aliphatic heterocycles. The quantitative estimate of drug-likeness (QED) is 0.806. The molecule has 3 rings (SSSR count). The van der Waals surface area contributed by atoms with Crippen LogP contribution in [0.4, 0.5) is 15.8 Å². The van der Waals surface area contributed by atoms with E-state index in [4.69, 9.17) is 0 Å². The second-order valence-electron chi connectivity index (χ2n) is 7.10. The Morgan fingerprint density at radius 2 is 1.89 bits per heavy atom. The number of anilines is 2. The minimum absolute atomic E-state index is 0.00855. The number of carbonyl (C=O) groups is 2. The third kappa shape index (κ3) is 5.33. The standard InChI is InChI=1S/C21H24FN3O2S/c1-15-11-12-25(18-5-3-4-6-19(18)28-15)21(27)14-24(2)13-20(26)23-17-9-7-16(22)8-10-17/h3-10,15H,11-14H2,1-2H3,(H,23,26)/p+1/t15-/m1/s1. The molecular weight excluding hydrogens is 377 g/mol. The third-order valence-electron chi connectivity index (χ3n) is 4.59. The lowest BCUT2D eigenvalue weighted by molar-refractivity contribution is -0.862. The van der Waals surface area contributed by atoms with E-state index < -0.39 is 0 Å². The highest BCUT2D eigenvalue weighted by molar-refractivity contribution is 8.00. The smallest absolute Gasteiger partial charge is 0.282 e. The largest absolute Gasteiger partial charge is 0.322 e. The lowest BCUT2D eigenvalue weighted by atomic mass is 10.2. The molecule has 2 aromatic rings. The number of nitrogens with one attached hydrogen (secondary N) is 2. The predicted octanol–water partition coefficient (Wildman–Crippen LogP) is 2.20. The third-order valence-corrected chi connectivity index (χ3v) is 5.83. The molecule has 28 heavy (non-hydrogen) atoms. The average Bonchev–Trinajstić information content (AvgIpc) is 2.81. The van der Waals surface area contributed by atoms with Gasteiger partial charge in [0, 0.05) is 22.4 Å². The monoisotopic (exact) mass is 402 g/mol. The van der Waals surface area contributed by atoms with Crippen molar-refractivity contribution in [2.24, 2.45) is 0 Å². The molecule has 1 heterocycles. The molecule has 0 bridgehead atoms. The number of hydrogen-bond acceptors (Lipinski definition) is 3. The van der Waals surface area contributed by atoms with Crippen LogP contribution in [0, 0.1) is 5.82 Å². The Morgan fingerprint density at radius 1 is 1.18 bits per heavy atom. The van der Waals surface area contributed by atoms with E-state index in [9.17, 15) is 14.0 Å². The molecule has 0 spiro atoms. The highest BCUT2D eigenvalue weighted by atomic mass is 32.2. The molecule has 0 fully saturated rings. The molecule has 2 aromatic carbocycles. The Hall–Kier alpha value is -2.38. The number of fused-ring (bicyclic) bond motifs is 1. The van der Waals surface area contributed by atoms with Crippen molar-refractivity contribution < 1.29 is 18.9 Å². The van der Waals surface area contributed by atoms with Crippen molar-refractivity contribution in [3.05, 3.63) is 54.3 Å². The van der Waals surface area contributed by atoms with E-state index in [0.29, 0.717) is 17.5 Å². The van der Waals surface area contributed by atoms with Gasteiger partial charge in [0.2, 0.25) is 0 Å². The Morgan fingerprint density at radius 3 is 2.64 bits per heavy atom. The van der Waals surface area contributed by atoms with E-state index >= 15 is 0 Å².